The van der Waals surface area contributed by atoms with Crippen molar-refractivity contribution in [3.05, 3.63) is 29.8 Å². The normalized spacial score (nSPS) is 22.7. The molecule has 1 fully saturated rings. The molecular formula is C15H23NO2. The van der Waals surface area contributed by atoms with Crippen molar-refractivity contribution < 1.29 is 9.47 Å². The fourth-order valence-electron chi connectivity index (χ4n) is 2.45. The van der Waals surface area contributed by atoms with Crippen LogP contribution in [-0.4, -0.2) is 19.8 Å². The van der Waals surface area contributed by atoms with Crippen molar-refractivity contribution >= 4 is 0 Å². The second-order valence-corrected chi connectivity index (χ2v) is 5.32. The minimum absolute atomic E-state index is 0.293. The fourth-order valence-corrected chi connectivity index (χ4v) is 2.45. The number of benzene rings is 1. The second kappa shape index (κ2) is 5.72. The summed E-state index contributed by atoms with van der Waals surface area (Å²) >= 11 is 0. The minimum atomic E-state index is -0.293. The number of hydrogen-bond acceptors (Lipinski definition) is 3. The van der Waals surface area contributed by atoms with Gasteiger partial charge in [-0.05, 0) is 50.3 Å². The summed E-state index contributed by atoms with van der Waals surface area (Å²) in [6.07, 6.45) is 4.77. The predicted octanol–water partition coefficient (Wildman–Crippen LogP) is 2.83. The van der Waals surface area contributed by atoms with Gasteiger partial charge in [0.15, 0.2) is 0 Å². The molecule has 18 heavy (non-hydrogen) atoms. The summed E-state index contributed by atoms with van der Waals surface area (Å²) in [4.78, 5) is 0. The highest BCUT2D eigenvalue weighted by Gasteiger charge is 2.24. The van der Waals surface area contributed by atoms with Crippen molar-refractivity contribution in [1.82, 2.24) is 0 Å². The van der Waals surface area contributed by atoms with Crippen molar-refractivity contribution in [1.29, 1.82) is 0 Å². The molecule has 0 spiro atoms. The molecule has 1 aliphatic rings. The molecule has 2 N–H and O–H groups in total. The van der Waals surface area contributed by atoms with Crippen LogP contribution in [0.15, 0.2) is 24.3 Å². The highest BCUT2D eigenvalue weighted by atomic mass is 16.5. The zero-order chi connectivity index (χ0) is 13.0. The van der Waals surface area contributed by atoms with Crippen LogP contribution < -0.4 is 10.5 Å². The highest BCUT2D eigenvalue weighted by Crippen LogP contribution is 2.28. The van der Waals surface area contributed by atoms with Crippen LogP contribution in [0.1, 0.15) is 38.2 Å². The Bertz CT molecular complexity index is 367. The first-order valence-corrected chi connectivity index (χ1v) is 6.67. The lowest BCUT2D eigenvalue weighted by Crippen LogP contribution is -2.34. The minimum Gasteiger partial charge on any atom is -0.497 e. The quantitative estimate of drug-likeness (QED) is 0.872. The van der Waals surface area contributed by atoms with E-state index in [1.54, 1.807) is 7.11 Å². The molecule has 1 aliphatic heterocycles. The summed E-state index contributed by atoms with van der Waals surface area (Å²) in [5.41, 5.74) is 7.27. The Morgan fingerprint density at radius 1 is 1.39 bits per heavy atom. The van der Waals surface area contributed by atoms with Crippen LogP contribution in [0.4, 0.5) is 0 Å². The Morgan fingerprint density at radius 3 is 2.67 bits per heavy atom. The van der Waals surface area contributed by atoms with Crippen molar-refractivity contribution in [2.75, 3.05) is 13.7 Å². The summed E-state index contributed by atoms with van der Waals surface area (Å²) in [7, 11) is 1.67. The van der Waals surface area contributed by atoms with Crippen LogP contribution in [0.2, 0.25) is 0 Å². The lowest BCUT2D eigenvalue weighted by molar-refractivity contribution is 0.0967. The third kappa shape index (κ3) is 3.24. The first-order valence-electron chi connectivity index (χ1n) is 6.67. The molecule has 1 heterocycles. The first-order chi connectivity index (χ1) is 8.62. The van der Waals surface area contributed by atoms with Gasteiger partial charge in [0, 0.05) is 12.1 Å². The van der Waals surface area contributed by atoms with Gasteiger partial charge in [-0.1, -0.05) is 12.1 Å². The fraction of sp³-hybridized carbons (Fsp3) is 0.600. The van der Waals surface area contributed by atoms with E-state index in [0.717, 1.165) is 30.8 Å². The molecule has 1 aromatic rings. The topological polar surface area (TPSA) is 44.5 Å². The monoisotopic (exact) mass is 249 g/mol. The molecule has 2 rings (SSSR count). The molecule has 2 atom stereocenters. The zero-order valence-electron chi connectivity index (χ0n) is 11.3. The lowest BCUT2D eigenvalue weighted by Gasteiger charge is -2.26. The molecule has 0 bridgehead atoms. The van der Waals surface area contributed by atoms with E-state index in [1.165, 1.54) is 12.8 Å². The molecule has 0 radical (unpaired) electrons. The van der Waals surface area contributed by atoms with Crippen LogP contribution >= 0.6 is 0 Å². The molecule has 0 saturated carbocycles. The van der Waals surface area contributed by atoms with Crippen LogP contribution in [0, 0.1) is 0 Å². The van der Waals surface area contributed by atoms with E-state index in [4.69, 9.17) is 15.2 Å². The van der Waals surface area contributed by atoms with Gasteiger partial charge in [0.1, 0.15) is 5.75 Å². The number of methoxy groups -OCH3 is 1. The van der Waals surface area contributed by atoms with Crippen molar-refractivity contribution in [2.24, 2.45) is 5.73 Å². The summed E-state index contributed by atoms with van der Waals surface area (Å²) in [5, 5.41) is 0. The largest absolute Gasteiger partial charge is 0.497 e. The Labute approximate surface area is 109 Å². The molecule has 0 aliphatic carbocycles. The molecule has 1 saturated heterocycles. The number of nitrogens with two attached hydrogens (primary N) is 1. The van der Waals surface area contributed by atoms with E-state index in [1.807, 2.05) is 24.3 Å². The van der Waals surface area contributed by atoms with Crippen molar-refractivity contribution in [3.63, 3.8) is 0 Å². The third-order valence-electron chi connectivity index (χ3n) is 3.76. The second-order valence-electron chi connectivity index (χ2n) is 5.32. The standard InChI is InChI=1S/C15H23NO2/c1-15(16,10-9-14-4-3-11-18-14)12-5-7-13(17-2)8-6-12/h5-8,14H,3-4,9-11,16H2,1-2H3. The first kappa shape index (κ1) is 13.4. The zero-order valence-corrected chi connectivity index (χ0v) is 11.3. The van der Waals surface area contributed by atoms with Gasteiger partial charge in [-0.25, -0.2) is 0 Å². The summed E-state index contributed by atoms with van der Waals surface area (Å²) in [5.74, 6) is 0.869. The van der Waals surface area contributed by atoms with Gasteiger partial charge in [0.2, 0.25) is 0 Å². The average molecular weight is 249 g/mol. The predicted molar refractivity (Wildman–Crippen MR) is 72.7 cm³/mol. The van der Waals surface area contributed by atoms with Gasteiger partial charge in [-0.2, -0.15) is 0 Å². The maximum absolute atomic E-state index is 6.41. The van der Waals surface area contributed by atoms with E-state index in [-0.39, 0.29) is 5.54 Å². The Hall–Kier alpha value is -1.06. The molecular weight excluding hydrogens is 226 g/mol. The average Bonchev–Trinajstić information content (AvgIpc) is 2.90. The van der Waals surface area contributed by atoms with Gasteiger partial charge in [-0.15, -0.1) is 0 Å². The molecule has 3 heteroatoms. The smallest absolute Gasteiger partial charge is 0.118 e. The number of hydrogen-bond donors (Lipinski definition) is 1. The Morgan fingerprint density at radius 2 is 2.11 bits per heavy atom. The van der Waals surface area contributed by atoms with E-state index in [0.29, 0.717) is 6.10 Å². The molecule has 0 amide bonds. The van der Waals surface area contributed by atoms with Gasteiger partial charge in [0.25, 0.3) is 0 Å². The molecule has 100 valence electrons. The lowest BCUT2D eigenvalue weighted by atomic mass is 9.87. The van der Waals surface area contributed by atoms with Crippen molar-refractivity contribution in [3.8, 4) is 5.75 Å². The van der Waals surface area contributed by atoms with Gasteiger partial charge >= 0.3 is 0 Å². The van der Waals surface area contributed by atoms with E-state index in [9.17, 15) is 0 Å². The van der Waals surface area contributed by atoms with E-state index < -0.39 is 0 Å². The number of ether oxygens (including phenoxy) is 2. The van der Waals surface area contributed by atoms with E-state index in [2.05, 4.69) is 6.92 Å². The molecule has 3 nitrogen and oxygen atoms in total. The van der Waals surface area contributed by atoms with Crippen LogP contribution in [0.3, 0.4) is 0 Å². The van der Waals surface area contributed by atoms with E-state index >= 15 is 0 Å². The Kier molecular flexibility index (Phi) is 4.25. The highest BCUT2D eigenvalue weighted by molar-refractivity contribution is 5.31. The SMILES string of the molecule is COc1ccc(C(C)(N)CCC2CCCO2)cc1. The third-order valence-corrected chi connectivity index (χ3v) is 3.76. The maximum Gasteiger partial charge on any atom is 0.118 e. The molecule has 0 aromatic heterocycles. The maximum atomic E-state index is 6.41. The Balaban J connectivity index is 1.95. The summed E-state index contributed by atoms with van der Waals surface area (Å²) < 4.78 is 10.8. The molecule has 1 aromatic carbocycles. The van der Waals surface area contributed by atoms with Gasteiger partial charge < -0.3 is 15.2 Å². The van der Waals surface area contributed by atoms with Gasteiger partial charge in [-0.3, -0.25) is 0 Å². The summed E-state index contributed by atoms with van der Waals surface area (Å²) in [6, 6.07) is 8.03. The van der Waals surface area contributed by atoms with Crippen molar-refractivity contribution in [2.45, 2.75) is 44.2 Å². The summed E-state index contributed by atoms with van der Waals surface area (Å²) in [6.45, 7) is 3.00. The number of rotatable bonds is 5. The van der Waals surface area contributed by atoms with Crippen LogP contribution in [0.25, 0.3) is 0 Å². The molecule has 2 unspecified atom stereocenters. The van der Waals surface area contributed by atoms with Crippen LogP contribution in [0.5, 0.6) is 5.75 Å². The van der Waals surface area contributed by atoms with Gasteiger partial charge in [0.05, 0.1) is 13.2 Å². The van der Waals surface area contributed by atoms with Crippen LogP contribution in [-0.2, 0) is 10.3 Å².